The lowest BCUT2D eigenvalue weighted by molar-refractivity contribution is 0.332. The average Bonchev–Trinajstić information content (AvgIpc) is 2.40. The molecule has 0 spiro atoms. The second kappa shape index (κ2) is 9.49. The fraction of sp³-hybridized carbons (Fsp3) is 0.375. The van der Waals surface area contributed by atoms with Crippen LogP contribution >= 0.6 is 0 Å². The quantitative estimate of drug-likeness (QED) is 0.617. The molecule has 0 unspecified atom stereocenters. The Labute approximate surface area is 111 Å². The van der Waals surface area contributed by atoms with Crippen LogP contribution in [0.3, 0.4) is 0 Å². The van der Waals surface area contributed by atoms with Crippen molar-refractivity contribution in [2.24, 2.45) is 0 Å². The van der Waals surface area contributed by atoms with Crippen molar-refractivity contribution in [1.82, 2.24) is 4.90 Å². The lowest BCUT2D eigenvalue weighted by atomic mass is 10.3. The maximum Gasteiger partial charge on any atom is 0.119 e. The number of hydrogen-bond acceptors (Lipinski definition) is 2. The van der Waals surface area contributed by atoms with Crippen LogP contribution in [0.5, 0.6) is 5.75 Å². The van der Waals surface area contributed by atoms with Gasteiger partial charge in [-0.15, -0.1) is 6.58 Å². The van der Waals surface area contributed by atoms with Gasteiger partial charge in [0.15, 0.2) is 0 Å². The Bertz CT molecular complexity index is 345. The van der Waals surface area contributed by atoms with E-state index in [1.54, 1.807) is 0 Å². The van der Waals surface area contributed by atoms with E-state index in [4.69, 9.17) is 4.74 Å². The van der Waals surface area contributed by atoms with Gasteiger partial charge in [0.1, 0.15) is 12.4 Å². The predicted octanol–water partition coefficient (Wildman–Crippen LogP) is 3.52. The van der Waals surface area contributed by atoms with Crippen LogP contribution in [0.15, 0.2) is 55.1 Å². The van der Waals surface area contributed by atoms with Crippen LogP contribution in [0.1, 0.15) is 13.3 Å². The molecule has 2 heteroatoms. The SMILES string of the molecule is C=CCN(C/C=C/COc1ccccc1)CCC. The zero-order valence-corrected chi connectivity index (χ0v) is 11.2. The molecule has 0 atom stereocenters. The maximum atomic E-state index is 5.58. The van der Waals surface area contributed by atoms with Gasteiger partial charge in [0.2, 0.25) is 0 Å². The lowest BCUT2D eigenvalue weighted by Crippen LogP contribution is -2.24. The first-order chi connectivity index (χ1) is 8.86. The van der Waals surface area contributed by atoms with Crippen LogP contribution in [0.2, 0.25) is 0 Å². The summed E-state index contributed by atoms with van der Waals surface area (Å²) in [5.74, 6) is 0.915. The second-order valence-corrected chi connectivity index (χ2v) is 4.14. The van der Waals surface area contributed by atoms with Gasteiger partial charge >= 0.3 is 0 Å². The van der Waals surface area contributed by atoms with Crippen LogP contribution in [0, 0.1) is 0 Å². The molecule has 0 radical (unpaired) electrons. The molecular formula is C16H23NO. The standard InChI is InChI=1S/C16H23NO/c1-3-12-17(13-4-2)14-8-9-15-18-16-10-6-5-7-11-16/h3,5-11H,1,4,12-15H2,2H3/b9-8+. The highest BCUT2D eigenvalue weighted by molar-refractivity contribution is 5.21. The molecule has 18 heavy (non-hydrogen) atoms. The van der Waals surface area contributed by atoms with Crippen LogP contribution in [-0.2, 0) is 0 Å². The highest BCUT2D eigenvalue weighted by Gasteiger charge is 1.97. The summed E-state index contributed by atoms with van der Waals surface area (Å²) >= 11 is 0. The topological polar surface area (TPSA) is 12.5 Å². The smallest absolute Gasteiger partial charge is 0.119 e. The Morgan fingerprint density at radius 2 is 1.94 bits per heavy atom. The average molecular weight is 245 g/mol. The number of nitrogens with zero attached hydrogens (tertiary/aromatic N) is 1. The maximum absolute atomic E-state index is 5.58. The highest BCUT2D eigenvalue weighted by atomic mass is 16.5. The van der Waals surface area contributed by atoms with E-state index in [0.29, 0.717) is 6.61 Å². The molecule has 0 aliphatic heterocycles. The Morgan fingerprint density at radius 3 is 2.61 bits per heavy atom. The summed E-state index contributed by atoms with van der Waals surface area (Å²) < 4.78 is 5.58. The molecule has 0 heterocycles. The molecule has 0 N–H and O–H groups in total. The molecule has 1 rings (SSSR count). The van der Waals surface area contributed by atoms with E-state index in [1.165, 1.54) is 6.42 Å². The Kier molecular flexibility index (Phi) is 7.65. The van der Waals surface area contributed by atoms with Gasteiger partial charge in [0.05, 0.1) is 0 Å². The molecule has 0 amide bonds. The summed E-state index contributed by atoms with van der Waals surface area (Å²) in [6.45, 7) is 9.60. The third kappa shape index (κ3) is 6.26. The highest BCUT2D eigenvalue weighted by Crippen LogP contribution is 2.07. The molecule has 0 aliphatic rings. The number of para-hydroxylation sites is 1. The second-order valence-electron chi connectivity index (χ2n) is 4.14. The van der Waals surface area contributed by atoms with E-state index in [0.717, 1.165) is 25.4 Å². The Hall–Kier alpha value is -1.54. The molecule has 98 valence electrons. The first kappa shape index (κ1) is 14.5. The van der Waals surface area contributed by atoms with Crippen LogP contribution in [-0.4, -0.2) is 31.1 Å². The van der Waals surface area contributed by atoms with Crippen molar-refractivity contribution >= 4 is 0 Å². The molecule has 2 nitrogen and oxygen atoms in total. The summed E-state index contributed by atoms with van der Waals surface area (Å²) in [6, 6.07) is 9.88. The third-order valence-electron chi connectivity index (χ3n) is 2.55. The summed E-state index contributed by atoms with van der Waals surface area (Å²) in [4.78, 5) is 2.35. The first-order valence-corrected chi connectivity index (χ1v) is 6.53. The van der Waals surface area contributed by atoms with Crippen LogP contribution in [0.4, 0.5) is 0 Å². The summed E-state index contributed by atoms with van der Waals surface area (Å²) in [5, 5.41) is 0. The van der Waals surface area contributed by atoms with Crippen molar-refractivity contribution in [1.29, 1.82) is 0 Å². The normalized spacial score (nSPS) is 11.0. The molecule has 0 aromatic heterocycles. The fourth-order valence-electron chi connectivity index (χ4n) is 1.71. The lowest BCUT2D eigenvalue weighted by Gasteiger charge is -2.17. The minimum absolute atomic E-state index is 0.623. The molecule has 0 bridgehead atoms. The van der Waals surface area contributed by atoms with Gasteiger partial charge in [-0.3, -0.25) is 4.90 Å². The molecule has 0 saturated heterocycles. The molecule has 0 fully saturated rings. The summed E-state index contributed by atoms with van der Waals surface area (Å²) in [5.41, 5.74) is 0. The van der Waals surface area contributed by atoms with Gasteiger partial charge in [-0.1, -0.05) is 43.4 Å². The number of rotatable bonds is 9. The van der Waals surface area contributed by atoms with Crippen molar-refractivity contribution in [3.8, 4) is 5.75 Å². The van der Waals surface area contributed by atoms with Crippen molar-refractivity contribution in [3.63, 3.8) is 0 Å². The molecule has 0 aliphatic carbocycles. The zero-order chi connectivity index (χ0) is 13.1. The molecule has 0 saturated carbocycles. The third-order valence-corrected chi connectivity index (χ3v) is 2.55. The van der Waals surface area contributed by atoms with Crippen LogP contribution in [0.25, 0.3) is 0 Å². The van der Waals surface area contributed by atoms with Gasteiger partial charge in [-0.05, 0) is 25.1 Å². The van der Waals surface area contributed by atoms with Crippen molar-refractivity contribution in [3.05, 3.63) is 55.1 Å². The molecule has 1 aromatic carbocycles. The summed E-state index contributed by atoms with van der Waals surface area (Å²) in [6.07, 6.45) is 7.34. The minimum atomic E-state index is 0.623. The van der Waals surface area contributed by atoms with E-state index in [9.17, 15) is 0 Å². The van der Waals surface area contributed by atoms with Gasteiger partial charge in [0, 0.05) is 13.1 Å². The van der Waals surface area contributed by atoms with Crippen molar-refractivity contribution < 1.29 is 4.74 Å². The van der Waals surface area contributed by atoms with Gasteiger partial charge in [-0.25, -0.2) is 0 Å². The molecule has 1 aromatic rings. The van der Waals surface area contributed by atoms with E-state index >= 15 is 0 Å². The number of ether oxygens (including phenoxy) is 1. The van der Waals surface area contributed by atoms with E-state index in [1.807, 2.05) is 36.4 Å². The predicted molar refractivity (Wildman–Crippen MR) is 78.0 cm³/mol. The number of benzene rings is 1. The van der Waals surface area contributed by atoms with Gasteiger partial charge in [0.25, 0.3) is 0 Å². The zero-order valence-electron chi connectivity index (χ0n) is 11.2. The fourth-order valence-corrected chi connectivity index (χ4v) is 1.71. The van der Waals surface area contributed by atoms with Gasteiger partial charge in [-0.2, -0.15) is 0 Å². The Balaban J connectivity index is 2.21. The largest absolute Gasteiger partial charge is 0.490 e. The van der Waals surface area contributed by atoms with Gasteiger partial charge < -0.3 is 4.74 Å². The number of hydrogen-bond donors (Lipinski definition) is 0. The molecular weight excluding hydrogens is 222 g/mol. The monoisotopic (exact) mass is 245 g/mol. The first-order valence-electron chi connectivity index (χ1n) is 6.53. The van der Waals surface area contributed by atoms with Crippen LogP contribution < -0.4 is 4.74 Å². The van der Waals surface area contributed by atoms with Crippen molar-refractivity contribution in [2.75, 3.05) is 26.2 Å². The minimum Gasteiger partial charge on any atom is -0.490 e. The van der Waals surface area contributed by atoms with E-state index < -0.39 is 0 Å². The van der Waals surface area contributed by atoms with E-state index in [2.05, 4.69) is 30.6 Å². The summed E-state index contributed by atoms with van der Waals surface area (Å²) in [7, 11) is 0. The van der Waals surface area contributed by atoms with E-state index in [-0.39, 0.29) is 0 Å². The van der Waals surface area contributed by atoms with Crippen molar-refractivity contribution in [2.45, 2.75) is 13.3 Å². The Morgan fingerprint density at radius 1 is 1.17 bits per heavy atom.